The van der Waals surface area contributed by atoms with Gasteiger partial charge in [0.25, 0.3) is 0 Å². The molecule has 0 amide bonds. The third-order valence-corrected chi connectivity index (χ3v) is 2.69. The summed E-state index contributed by atoms with van der Waals surface area (Å²) in [6, 6.07) is 6.24. The molecule has 0 radical (unpaired) electrons. The van der Waals surface area contributed by atoms with Gasteiger partial charge in [0.15, 0.2) is 0 Å². The predicted octanol–water partition coefficient (Wildman–Crippen LogP) is 2.75. The molecule has 1 aromatic rings. The zero-order valence-corrected chi connectivity index (χ0v) is 11.1. The van der Waals surface area contributed by atoms with Crippen LogP contribution in [0, 0.1) is 0 Å². The van der Waals surface area contributed by atoms with E-state index in [0.29, 0.717) is 19.1 Å². The molecule has 0 aliphatic carbocycles. The van der Waals surface area contributed by atoms with E-state index in [4.69, 9.17) is 5.73 Å². The average Bonchev–Trinajstić information content (AvgIpc) is 2.29. The lowest BCUT2D eigenvalue weighted by molar-refractivity contribution is -0.274. The van der Waals surface area contributed by atoms with E-state index in [-0.39, 0.29) is 5.75 Å². The number of nitrogens with two attached hydrogens (primary N) is 1. The van der Waals surface area contributed by atoms with Crippen LogP contribution in [0.4, 0.5) is 13.2 Å². The molecule has 0 aliphatic rings. The molecule has 2 N–H and O–H groups in total. The maximum atomic E-state index is 12.0. The Bertz CT molecular complexity index is 376. The molecule has 3 nitrogen and oxygen atoms in total. The average molecular weight is 276 g/mol. The number of halogens is 3. The van der Waals surface area contributed by atoms with Crippen molar-refractivity contribution >= 4 is 0 Å². The van der Waals surface area contributed by atoms with Crippen molar-refractivity contribution in [2.24, 2.45) is 5.73 Å². The van der Waals surface area contributed by atoms with Crippen molar-refractivity contribution in [3.63, 3.8) is 0 Å². The predicted molar refractivity (Wildman–Crippen MR) is 67.7 cm³/mol. The van der Waals surface area contributed by atoms with Gasteiger partial charge < -0.3 is 10.5 Å². The van der Waals surface area contributed by atoms with E-state index in [0.717, 1.165) is 12.1 Å². The number of rotatable bonds is 6. The van der Waals surface area contributed by atoms with E-state index in [1.807, 2.05) is 0 Å². The molecule has 0 atom stereocenters. The van der Waals surface area contributed by atoms with Gasteiger partial charge in [-0.3, -0.25) is 4.90 Å². The van der Waals surface area contributed by atoms with Gasteiger partial charge in [0.1, 0.15) is 5.75 Å². The lowest BCUT2D eigenvalue weighted by Gasteiger charge is -2.25. The zero-order chi connectivity index (χ0) is 14.5. The van der Waals surface area contributed by atoms with Gasteiger partial charge in [-0.2, -0.15) is 0 Å². The van der Waals surface area contributed by atoms with Gasteiger partial charge in [-0.25, -0.2) is 0 Å². The highest BCUT2D eigenvalue weighted by atomic mass is 19.4. The smallest absolute Gasteiger partial charge is 0.406 e. The summed E-state index contributed by atoms with van der Waals surface area (Å²) in [7, 11) is 0. The molecule has 0 spiro atoms. The molecule has 0 fully saturated rings. The van der Waals surface area contributed by atoms with Crippen molar-refractivity contribution in [1.29, 1.82) is 0 Å². The van der Waals surface area contributed by atoms with Gasteiger partial charge in [0.05, 0.1) is 0 Å². The molecule has 6 heteroatoms. The number of hydrogen-bond acceptors (Lipinski definition) is 3. The second kappa shape index (κ2) is 6.77. The fourth-order valence-electron chi connectivity index (χ4n) is 1.72. The molecule has 108 valence electrons. The summed E-state index contributed by atoms with van der Waals surface area (Å²) in [5.74, 6) is -0.203. The first-order valence-electron chi connectivity index (χ1n) is 6.10. The SMILES string of the molecule is CC(C)N(CCN)Cc1ccc(OC(F)(F)F)cc1. The summed E-state index contributed by atoms with van der Waals surface area (Å²) < 4.78 is 39.9. The fourth-order valence-corrected chi connectivity index (χ4v) is 1.72. The van der Waals surface area contributed by atoms with Crippen LogP contribution < -0.4 is 10.5 Å². The molecule has 0 aliphatic heterocycles. The van der Waals surface area contributed by atoms with Crippen molar-refractivity contribution in [2.75, 3.05) is 13.1 Å². The number of hydrogen-bond donors (Lipinski definition) is 1. The summed E-state index contributed by atoms with van der Waals surface area (Å²) in [5, 5.41) is 0. The Labute approximate surface area is 111 Å². The molecule has 0 aromatic heterocycles. The number of nitrogens with zero attached hydrogens (tertiary/aromatic N) is 1. The van der Waals surface area contributed by atoms with Gasteiger partial charge >= 0.3 is 6.36 Å². The van der Waals surface area contributed by atoms with Crippen LogP contribution in [-0.2, 0) is 6.54 Å². The highest BCUT2D eigenvalue weighted by Crippen LogP contribution is 2.23. The van der Waals surface area contributed by atoms with Crippen molar-refractivity contribution in [1.82, 2.24) is 4.90 Å². The molecular weight excluding hydrogens is 257 g/mol. The lowest BCUT2D eigenvalue weighted by Crippen LogP contribution is -2.34. The minimum absolute atomic E-state index is 0.203. The summed E-state index contributed by atoms with van der Waals surface area (Å²) in [4.78, 5) is 2.15. The van der Waals surface area contributed by atoms with Crippen LogP contribution in [0.2, 0.25) is 0 Å². The van der Waals surface area contributed by atoms with Crippen LogP contribution in [0.15, 0.2) is 24.3 Å². The third-order valence-electron chi connectivity index (χ3n) is 2.69. The molecule has 19 heavy (non-hydrogen) atoms. The molecule has 1 rings (SSSR count). The maximum absolute atomic E-state index is 12.0. The Balaban J connectivity index is 2.65. The first-order chi connectivity index (χ1) is 8.81. The maximum Gasteiger partial charge on any atom is 0.573 e. The van der Waals surface area contributed by atoms with Gasteiger partial charge in [0.2, 0.25) is 0 Å². The molecule has 0 heterocycles. The van der Waals surface area contributed by atoms with E-state index in [9.17, 15) is 13.2 Å². The van der Waals surface area contributed by atoms with Gasteiger partial charge in [-0.15, -0.1) is 13.2 Å². The van der Waals surface area contributed by atoms with Gasteiger partial charge in [-0.05, 0) is 31.5 Å². The Morgan fingerprint density at radius 2 is 1.79 bits per heavy atom. The summed E-state index contributed by atoms with van der Waals surface area (Å²) in [6.07, 6.45) is -4.65. The molecule has 0 unspecified atom stereocenters. The largest absolute Gasteiger partial charge is 0.573 e. The van der Waals surface area contributed by atoms with E-state index >= 15 is 0 Å². The van der Waals surface area contributed by atoms with Crippen LogP contribution in [0.25, 0.3) is 0 Å². The number of benzene rings is 1. The van der Waals surface area contributed by atoms with Crippen LogP contribution in [-0.4, -0.2) is 30.4 Å². The Hall–Kier alpha value is -1.27. The molecule has 1 aromatic carbocycles. The Morgan fingerprint density at radius 3 is 2.21 bits per heavy atom. The van der Waals surface area contributed by atoms with Crippen molar-refractivity contribution in [3.8, 4) is 5.75 Å². The Kier molecular flexibility index (Phi) is 5.62. The van der Waals surface area contributed by atoms with Crippen LogP contribution in [0.3, 0.4) is 0 Å². The second-order valence-electron chi connectivity index (χ2n) is 4.54. The van der Waals surface area contributed by atoms with E-state index < -0.39 is 6.36 Å². The summed E-state index contributed by atoms with van der Waals surface area (Å²) >= 11 is 0. The third kappa shape index (κ3) is 5.94. The second-order valence-corrected chi connectivity index (χ2v) is 4.54. The monoisotopic (exact) mass is 276 g/mol. The summed E-state index contributed by atoms with van der Waals surface area (Å²) in [5.41, 5.74) is 6.46. The topological polar surface area (TPSA) is 38.5 Å². The Morgan fingerprint density at radius 1 is 1.21 bits per heavy atom. The van der Waals surface area contributed by atoms with Crippen LogP contribution in [0.1, 0.15) is 19.4 Å². The highest BCUT2D eigenvalue weighted by molar-refractivity contribution is 5.27. The molecule has 0 saturated heterocycles. The van der Waals surface area contributed by atoms with Crippen LogP contribution >= 0.6 is 0 Å². The fraction of sp³-hybridized carbons (Fsp3) is 0.538. The highest BCUT2D eigenvalue weighted by Gasteiger charge is 2.30. The van der Waals surface area contributed by atoms with E-state index in [1.54, 1.807) is 12.1 Å². The first-order valence-corrected chi connectivity index (χ1v) is 6.10. The molecular formula is C13H19F3N2O. The van der Waals surface area contributed by atoms with E-state index in [1.165, 1.54) is 12.1 Å². The van der Waals surface area contributed by atoms with E-state index in [2.05, 4.69) is 23.5 Å². The molecule has 0 bridgehead atoms. The standard InChI is InChI=1S/C13H19F3N2O/c1-10(2)18(8-7-17)9-11-3-5-12(6-4-11)19-13(14,15)16/h3-6,10H,7-9,17H2,1-2H3. The normalized spacial score (nSPS) is 12.2. The van der Waals surface area contributed by atoms with Gasteiger partial charge in [0, 0.05) is 25.7 Å². The number of ether oxygens (including phenoxy) is 1. The minimum atomic E-state index is -4.65. The van der Waals surface area contributed by atoms with Crippen molar-refractivity contribution in [3.05, 3.63) is 29.8 Å². The van der Waals surface area contributed by atoms with Crippen molar-refractivity contribution < 1.29 is 17.9 Å². The molecule has 0 saturated carbocycles. The van der Waals surface area contributed by atoms with Crippen molar-refractivity contribution in [2.45, 2.75) is 32.8 Å². The summed E-state index contributed by atoms with van der Waals surface area (Å²) in [6.45, 7) is 6.06. The van der Waals surface area contributed by atoms with Crippen LogP contribution in [0.5, 0.6) is 5.75 Å². The minimum Gasteiger partial charge on any atom is -0.406 e. The quantitative estimate of drug-likeness (QED) is 0.868. The lowest BCUT2D eigenvalue weighted by atomic mass is 10.2. The first kappa shape index (κ1) is 15.8. The number of alkyl halides is 3. The zero-order valence-electron chi connectivity index (χ0n) is 11.1. The van der Waals surface area contributed by atoms with Gasteiger partial charge in [-0.1, -0.05) is 12.1 Å².